The standard InChI is InChI=1S/C23H37NO3Si/c1-9-15-20(27-28(7,8)23(4,5)6)21(19-16-13-12-14-17-19)24(18-10-2)22(25)26-11-3/h9-10,12-17,20-21H,2,11,18H2,1,3-8H3/b15-9+/t20-,21?/m1/s1. The molecular weight excluding hydrogens is 366 g/mol. The number of allylic oxidation sites excluding steroid dienone is 1. The third-order valence-corrected chi connectivity index (χ3v) is 9.71. The number of nitrogens with zero attached hydrogens (tertiary/aromatic N) is 1. The summed E-state index contributed by atoms with van der Waals surface area (Å²) in [6, 6.07) is 9.71. The van der Waals surface area contributed by atoms with Crippen LogP contribution in [0.1, 0.15) is 46.2 Å². The largest absolute Gasteiger partial charge is 0.450 e. The minimum Gasteiger partial charge on any atom is -0.450 e. The van der Waals surface area contributed by atoms with Crippen molar-refractivity contribution < 1.29 is 14.0 Å². The van der Waals surface area contributed by atoms with Crippen LogP contribution in [0.3, 0.4) is 0 Å². The van der Waals surface area contributed by atoms with E-state index in [0.29, 0.717) is 13.2 Å². The van der Waals surface area contributed by atoms with Gasteiger partial charge in [0.15, 0.2) is 8.32 Å². The minimum absolute atomic E-state index is 0.0568. The van der Waals surface area contributed by atoms with E-state index in [9.17, 15) is 4.79 Å². The molecule has 0 aromatic heterocycles. The topological polar surface area (TPSA) is 38.8 Å². The molecule has 0 heterocycles. The number of rotatable bonds is 9. The first-order valence-corrected chi connectivity index (χ1v) is 12.9. The lowest BCUT2D eigenvalue weighted by Crippen LogP contribution is -2.49. The molecule has 0 bridgehead atoms. The summed E-state index contributed by atoms with van der Waals surface area (Å²) in [4.78, 5) is 14.5. The Morgan fingerprint density at radius 2 is 1.86 bits per heavy atom. The van der Waals surface area contributed by atoms with Gasteiger partial charge in [0.2, 0.25) is 0 Å². The highest BCUT2D eigenvalue weighted by molar-refractivity contribution is 6.74. The van der Waals surface area contributed by atoms with E-state index < -0.39 is 8.32 Å². The van der Waals surface area contributed by atoms with E-state index in [1.807, 2.05) is 56.3 Å². The minimum atomic E-state index is -2.08. The summed E-state index contributed by atoms with van der Waals surface area (Å²) in [7, 11) is -2.08. The maximum atomic E-state index is 12.8. The molecule has 28 heavy (non-hydrogen) atoms. The number of amides is 1. The van der Waals surface area contributed by atoms with Crippen LogP contribution in [0.5, 0.6) is 0 Å². The van der Waals surface area contributed by atoms with Crippen molar-refractivity contribution in [3.63, 3.8) is 0 Å². The van der Waals surface area contributed by atoms with Crippen LogP contribution in [0.2, 0.25) is 18.1 Å². The van der Waals surface area contributed by atoms with Gasteiger partial charge in [-0.25, -0.2) is 4.79 Å². The Labute approximate surface area is 172 Å². The lowest BCUT2D eigenvalue weighted by Gasteiger charge is -2.43. The Kier molecular flexibility index (Phi) is 9.18. The fourth-order valence-corrected chi connectivity index (χ4v) is 4.00. The van der Waals surface area contributed by atoms with E-state index in [1.54, 1.807) is 11.0 Å². The van der Waals surface area contributed by atoms with Gasteiger partial charge in [-0.2, -0.15) is 0 Å². The first-order valence-electron chi connectivity index (χ1n) is 9.99. The van der Waals surface area contributed by atoms with Crippen molar-refractivity contribution in [1.29, 1.82) is 0 Å². The maximum absolute atomic E-state index is 12.8. The van der Waals surface area contributed by atoms with Gasteiger partial charge < -0.3 is 9.16 Å². The van der Waals surface area contributed by atoms with Gasteiger partial charge in [0.1, 0.15) is 0 Å². The van der Waals surface area contributed by atoms with Crippen LogP contribution >= 0.6 is 0 Å². The van der Waals surface area contributed by atoms with Crippen LogP contribution in [0.4, 0.5) is 4.79 Å². The first-order chi connectivity index (χ1) is 13.1. The lowest BCUT2D eigenvalue weighted by atomic mass is 9.99. The van der Waals surface area contributed by atoms with Crippen molar-refractivity contribution >= 4 is 14.4 Å². The number of ether oxygens (including phenoxy) is 1. The highest BCUT2D eigenvalue weighted by Gasteiger charge is 2.42. The third kappa shape index (κ3) is 6.35. The Morgan fingerprint density at radius 1 is 1.25 bits per heavy atom. The number of carbonyl (C=O) groups excluding carboxylic acids is 1. The van der Waals surface area contributed by atoms with Gasteiger partial charge in [0.25, 0.3) is 0 Å². The van der Waals surface area contributed by atoms with E-state index in [0.717, 1.165) is 5.56 Å². The summed E-state index contributed by atoms with van der Waals surface area (Å²) in [5.41, 5.74) is 1.01. The van der Waals surface area contributed by atoms with Crippen LogP contribution in [0.25, 0.3) is 0 Å². The molecule has 0 aliphatic rings. The highest BCUT2D eigenvalue weighted by atomic mass is 28.4. The van der Waals surface area contributed by atoms with Crippen molar-refractivity contribution in [2.45, 2.75) is 64.9 Å². The number of benzene rings is 1. The molecule has 1 amide bonds. The van der Waals surface area contributed by atoms with Crippen LogP contribution in [-0.2, 0) is 9.16 Å². The molecule has 2 atom stereocenters. The molecule has 1 aromatic carbocycles. The second-order valence-corrected chi connectivity index (χ2v) is 13.1. The van der Waals surface area contributed by atoms with Gasteiger partial charge in [0, 0.05) is 6.54 Å². The van der Waals surface area contributed by atoms with Crippen LogP contribution in [-0.4, -0.2) is 38.6 Å². The van der Waals surface area contributed by atoms with Gasteiger partial charge in [-0.3, -0.25) is 4.90 Å². The maximum Gasteiger partial charge on any atom is 0.410 e. The van der Waals surface area contributed by atoms with Crippen molar-refractivity contribution in [3.05, 3.63) is 60.7 Å². The second kappa shape index (κ2) is 10.6. The average molecular weight is 404 g/mol. The predicted molar refractivity (Wildman–Crippen MR) is 120 cm³/mol. The second-order valence-electron chi connectivity index (χ2n) is 8.36. The van der Waals surface area contributed by atoms with Crippen molar-refractivity contribution in [2.75, 3.05) is 13.2 Å². The smallest absolute Gasteiger partial charge is 0.410 e. The number of hydrogen-bond acceptors (Lipinski definition) is 3. The van der Waals surface area contributed by atoms with Crippen LogP contribution in [0, 0.1) is 0 Å². The summed E-state index contributed by atoms with van der Waals surface area (Å²) in [5, 5.41) is 0.0568. The van der Waals surface area contributed by atoms with E-state index >= 15 is 0 Å². The molecule has 0 aliphatic heterocycles. The lowest BCUT2D eigenvalue weighted by molar-refractivity contribution is 0.0608. The Balaban J connectivity index is 3.48. The molecule has 1 unspecified atom stereocenters. The highest BCUT2D eigenvalue weighted by Crippen LogP contribution is 2.40. The molecule has 0 N–H and O–H groups in total. The van der Waals surface area contributed by atoms with Crippen molar-refractivity contribution in [2.24, 2.45) is 0 Å². The fraction of sp³-hybridized carbons (Fsp3) is 0.522. The SMILES string of the molecule is C=CCN(C(=O)OCC)C(c1ccccc1)[C@@H](/C=C/C)O[Si](C)(C)C(C)(C)C. The van der Waals surface area contributed by atoms with Gasteiger partial charge in [-0.05, 0) is 37.5 Å². The molecule has 4 nitrogen and oxygen atoms in total. The monoisotopic (exact) mass is 403 g/mol. The van der Waals surface area contributed by atoms with Gasteiger partial charge in [-0.1, -0.05) is 69.3 Å². The molecule has 0 aliphatic carbocycles. The molecule has 0 saturated heterocycles. The van der Waals surface area contributed by atoms with E-state index in [4.69, 9.17) is 9.16 Å². The van der Waals surface area contributed by atoms with Crippen LogP contribution < -0.4 is 0 Å². The molecule has 1 aromatic rings. The third-order valence-electron chi connectivity index (χ3n) is 5.24. The Bertz CT molecular complexity index is 650. The fourth-order valence-electron chi connectivity index (χ4n) is 2.76. The zero-order chi connectivity index (χ0) is 21.4. The molecule has 156 valence electrons. The summed E-state index contributed by atoms with van der Waals surface area (Å²) in [6.45, 7) is 19.5. The average Bonchev–Trinajstić information content (AvgIpc) is 2.61. The Morgan fingerprint density at radius 3 is 2.32 bits per heavy atom. The van der Waals surface area contributed by atoms with E-state index in [-0.39, 0.29) is 23.3 Å². The van der Waals surface area contributed by atoms with Crippen molar-refractivity contribution in [1.82, 2.24) is 4.90 Å². The molecule has 1 rings (SSSR count). The summed E-state index contributed by atoms with van der Waals surface area (Å²) >= 11 is 0. The molecule has 0 radical (unpaired) electrons. The van der Waals surface area contributed by atoms with E-state index in [1.165, 1.54) is 0 Å². The van der Waals surface area contributed by atoms with Gasteiger partial charge in [-0.15, -0.1) is 6.58 Å². The Hall–Kier alpha value is -1.85. The first kappa shape index (κ1) is 24.2. The zero-order valence-electron chi connectivity index (χ0n) is 18.6. The molecular formula is C23H37NO3Si. The molecule has 0 fully saturated rings. The normalized spacial score (nSPS) is 14.5. The quantitative estimate of drug-likeness (QED) is 0.357. The van der Waals surface area contributed by atoms with Gasteiger partial charge in [0.05, 0.1) is 18.8 Å². The molecule has 0 spiro atoms. The summed E-state index contributed by atoms with van der Waals surface area (Å²) < 4.78 is 12.1. The predicted octanol–water partition coefficient (Wildman–Crippen LogP) is 6.34. The van der Waals surface area contributed by atoms with Crippen molar-refractivity contribution in [3.8, 4) is 0 Å². The summed E-state index contributed by atoms with van der Waals surface area (Å²) in [6.07, 6.45) is 5.13. The number of carbonyl (C=O) groups is 1. The zero-order valence-corrected chi connectivity index (χ0v) is 19.6. The molecule has 0 saturated carbocycles. The van der Waals surface area contributed by atoms with E-state index in [2.05, 4.69) is 40.4 Å². The molecule has 5 heteroatoms. The number of hydrogen-bond donors (Lipinski definition) is 0. The summed E-state index contributed by atoms with van der Waals surface area (Å²) in [5.74, 6) is 0. The van der Waals surface area contributed by atoms with Crippen LogP contribution in [0.15, 0.2) is 55.1 Å². The van der Waals surface area contributed by atoms with Gasteiger partial charge >= 0.3 is 6.09 Å².